The summed E-state index contributed by atoms with van der Waals surface area (Å²) in [7, 11) is 0. The smallest absolute Gasteiger partial charge is 0.123 e. The number of nitrogens with one attached hydrogen (secondary N) is 1. The Morgan fingerprint density at radius 1 is 1.37 bits per heavy atom. The molecular formula is C16H25FN2. The standard InChI is InChI=1S/C16H25FN2/c1-16(2)9-10-19-11-14(16)15(18)8-5-12-3-6-13(17)7-4-12/h3-4,6-7,14-15,19H,5,8-11,18H2,1-2H3. The Morgan fingerprint density at radius 3 is 2.68 bits per heavy atom. The first kappa shape index (κ1) is 14.5. The van der Waals surface area contributed by atoms with Crippen LogP contribution < -0.4 is 11.1 Å². The van der Waals surface area contributed by atoms with Gasteiger partial charge in [0.05, 0.1) is 0 Å². The van der Waals surface area contributed by atoms with Crippen LogP contribution in [-0.4, -0.2) is 19.1 Å². The van der Waals surface area contributed by atoms with E-state index in [0.717, 1.165) is 25.9 Å². The van der Waals surface area contributed by atoms with E-state index in [1.807, 2.05) is 12.1 Å². The second-order valence-corrected chi connectivity index (χ2v) is 6.38. The summed E-state index contributed by atoms with van der Waals surface area (Å²) in [5.41, 5.74) is 7.87. The summed E-state index contributed by atoms with van der Waals surface area (Å²) in [5, 5.41) is 3.45. The Labute approximate surface area is 115 Å². The van der Waals surface area contributed by atoms with Crippen molar-refractivity contribution in [1.82, 2.24) is 5.32 Å². The summed E-state index contributed by atoms with van der Waals surface area (Å²) in [6, 6.07) is 6.95. The van der Waals surface area contributed by atoms with Crippen LogP contribution in [0.4, 0.5) is 4.39 Å². The maximum Gasteiger partial charge on any atom is 0.123 e. The highest BCUT2D eigenvalue weighted by Crippen LogP contribution is 2.35. The minimum absolute atomic E-state index is 0.175. The molecule has 1 aromatic carbocycles. The monoisotopic (exact) mass is 264 g/mol. The minimum Gasteiger partial charge on any atom is -0.327 e. The van der Waals surface area contributed by atoms with Crippen molar-refractivity contribution in [2.75, 3.05) is 13.1 Å². The molecular weight excluding hydrogens is 239 g/mol. The molecule has 2 rings (SSSR count). The van der Waals surface area contributed by atoms with E-state index in [-0.39, 0.29) is 11.9 Å². The van der Waals surface area contributed by atoms with Gasteiger partial charge in [-0.1, -0.05) is 26.0 Å². The number of halogens is 1. The van der Waals surface area contributed by atoms with Crippen molar-refractivity contribution in [3.05, 3.63) is 35.6 Å². The van der Waals surface area contributed by atoms with Gasteiger partial charge in [-0.15, -0.1) is 0 Å². The van der Waals surface area contributed by atoms with Crippen LogP contribution >= 0.6 is 0 Å². The molecule has 1 heterocycles. The molecule has 106 valence electrons. The Kier molecular flexibility index (Phi) is 4.58. The molecule has 2 nitrogen and oxygen atoms in total. The molecule has 1 aliphatic heterocycles. The fourth-order valence-electron chi connectivity index (χ4n) is 3.05. The van der Waals surface area contributed by atoms with Crippen LogP contribution in [0, 0.1) is 17.2 Å². The Hall–Kier alpha value is -0.930. The van der Waals surface area contributed by atoms with Gasteiger partial charge in [-0.3, -0.25) is 0 Å². The normalized spacial score (nSPS) is 24.1. The number of benzene rings is 1. The van der Waals surface area contributed by atoms with Crippen LogP contribution in [-0.2, 0) is 6.42 Å². The number of rotatable bonds is 4. The van der Waals surface area contributed by atoms with E-state index in [9.17, 15) is 4.39 Å². The lowest BCUT2D eigenvalue weighted by molar-refractivity contribution is 0.124. The molecule has 3 heteroatoms. The Bertz CT molecular complexity index is 400. The first-order valence-corrected chi connectivity index (χ1v) is 7.20. The third-order valence-electron chi connectivity index (χ3n) is 4.51. The van der Waals surface area contributed by atoms with Gasteiger partial charge < -0.3 is 11.1 Å². The zero-order chi connectivity index (χ0) is 13.9. The highest BCUT2D eigenvalue weighted by molar-refractivity contribution is 5.16. The third-order valence-corrected chi connectivity index (χ3v) is 4.51. The van der Waals surface area contributed by atoms with Crippen molar-refractivity contribution in [3.8, 4) is 0 Å². The van der Waals surface area contributed by atoms with Gasteiger partial charge >= 0.3 is 0 Å². The molecule has 19 heavy (non-hydrogen) atoms. The molecule has 0 spiro atoms. The van der Waals surface area contributed by atoms with E-state index in [2.05, 4.69) is 19.2 Å². The third kappa shape index (κ3) is 3.77. The molecule has 0 aliphatic carbocycles. The largest absolute Gasteiger partial charge is 0.327 e. The summed E-state index contributed by atoms with van der Waals surface area (Å²) in [4.78, 5) is 0. The molecule has 1 fully saturated rings. The van der Waals surface area contributed by atoms with E-state index < -0.39 is 0 Å². The molecule has 0 amide bonds. The van der Waals surface area contributed by atoms with Crippen molar-refractivity contribution >= 4 is 0 Å². The minimum atomic E-state index is -0.175. The summed E-state index contributed by atoms with van der Waals surface area (Å²) in [6.45, 7) is 6.73. The Balaban J connectivity index is 1.90. The van der Waals surface area contributed by atoms with Gasteiger partial charge in [0.15, 0.2) is 0 Å². The molecule has 1 aromatic rings. The number of nitrogens with two attached hydrogens (primary N) is 1. The predicted octanol–water partition coefficient (Wildman–Crippen LogP) is 2.72. The van der Waals surface area contributed by atoms with Gasteiger partial charge in [0.1, 0.15) is 5.82 Å². The van der Waals surface area contributed by atoms with E-state index in [1.54, 1.807) is 0 Å². The molecule has 0 saturated carbocycles. The molecule has 3 N–H and O–H groups in total. The van der Waals surface area contributed by atoms with Crippen LogP contribution in [0.15, 0.2) is 24.3 Å². The van der Waals surface area contributed by atoms with Crippen molar-refractivity contribution < 1.29 is 4.39 Å². The van der Waals surface area contributed by atoms with E-state index >= 15 is 0 Å². The number of piperidine rings is 1. The zero-order valence-corrected chi connectivity index (χ0v) is 12.0. The SMILES string of the molecule is CC1(C)CCNCC1C(N)CCc1ccc(F)cc1. The second-order valence-electron chi connectivity index (χ2n) is 6.38. The number of hydrogen-bond acceptors (Lipinski definition) is 2. The first-order chi connectivity index (χ1) is 8.99. The topological polar surface area (TPSA) is 38.0 Å². The lowest BCUT2D eigenvalue weighted by Gasteiger charge is -2.42. The van der Waals surface area contributed by atoms with Crippen LogP contribution in [0.5, 0.6) is 0 Å². The fraction of sp³-hybridized carbons (Fsp3) is 0.625. The summed E-state index contributed by atoms with van der Waals surface area (Å²) >= 11 is 0. The molecule has 2 unspecified atom stereocenters. The lowest BCUT2D eigenvalue weighted by Crippen LogP contribution is -2.50. The predicted molar refractivity (Wildman–Crippen MR) is 77.5 cm³/mol. The van der Waals surface area contributed by atoms with E-state index in [4.69, 9.17) is 5.73 Å². The zero-order valence-electron chi connectivity index (χ0n) is 12.0. The summed E-state index contributed by atoms with van der Waals surface area (Å²) in [6.07, 6.45) is 3.07. The number of hydrogen-bond donors (Lipinski definition) is 2. The highest BCUT2D eigenvalue weighted by atomic mass is 19.1. The van der Waals surface area contributed by atoms with Crippen LogP contribution in [0.25, 0.3) is 0 Å². The van der Waals surface area contributed by atoms with Crippen molar-refractivity contribution in [2.45, 2.75) is 39.2 Å². The van der Waals surface area contributed by atoms with Crippen LogP contribution in [0.3, 0.4) is 0 Å². The van der Waals surface area contributed by atoms with Gasteiger partial charge in [-0.05, 0) is 61.4 Å². The second kappa shape index (κ2) is 6.02. The molecule has 1 aliphatic rings. The molecule has 2 atom stereocenters. The maximum atomic E-state index is 12.8. The summed E-state index contributed by atoms with van der Waals surface area (Å²) in [5.74, 6) is 0.340. The highest BCUT2D eigenvalue weighted by Gasteiger charge is 2.35. The van der Waals surface area contributed by atoms with E-state index in [0.29, 0.717) is 11.3 Å². The number of aryl methyl sites for hydroxylation is 1. The van der Waals surface area contributed by atoms with Crippen LogP contribution in [0.2, 0.25) is 0 Å². The van der Waals surface area contributed by atoms with E-state index in [1.165, 1.54) is 24.1 Å². The van der Waals surface area contributed by atoms with Gasteiger partial charge in [-0.25, -0.2) is 4.39 Å². The lowest BCUT2D eigenvalue weighted by atomic mass is 9.70. The van der Waals surface area contributed by atoms with Crippen molar-refractivity contribution in [2.24, 2.45) is 17.1 Å². The fourth-order valence-corrected chi connectivity index (χ4v) is 3.05. The van der Waals surface area contributed by atoms with Crippen LogP contribution in [0.1, 0.15) is 32.3 Å². The molecule has 1 saturated heterocycles. The average Bonchev–Trinajstić information content (AvgIpc) is 2.37. The van der Waals surface area contributed by atoms with Gasteiger partial charge in [0.25, 0.3) is 0 Å². The Morgan fingerprint density at radius 2 is 2.05 bits per heavy atom. The van der Waals surface area contributed by atoms with Crippen molar-refractivity contribution in [1.29, 1.82) is 0 Å². The van der Waals surface area contributed by atoms with Gasteiger partial charge in [-0.2, -0.15) is 0 Å². The van der Waals surface area contributed by atoms with Crippen molar-refractivity contribution in [3.63, 3.8) is 0 Å². The quantitative estimate of drug-likeness (QED) is 0.877. The average molecular weight is 264 g/mol. The van der Waals surface area contributed by atoms with Gasteiger partial charge in [0.2, 0.25) is 0 Å². The molecule has 0 radical (unpaired) electrons. The van der Waals surface area contributed by atoms with Gasteiger partial charge in [0, 0.05) is 6.04 Å². The first-order valence-electron chi connectivity index (χ1n) is 7.20. The maximum absolute atomic E-state index is 12.8. The molecule has 0 aromatic heterocycles. The summed E-state index contributed by atoms with van der Waals surface area (Å²) < 4.78 is 12.8. The molecule has 0 bridgehead atoms.